The predicted octanol–water partition coefficient (Wildman–Crippen LogP) is 3.05. The zero-order valence-electron chi connectivity index (χ0n) is 10.6. The Kier molecular flexibility index (Phi) is 5.29. The van der Waals surface area contributed by atoms with Gasteiger partial charge in [0.15, 0.2) is 0 Å². The number of rotatable bonds is 6. The van der Waals surface area contributed by atoms with Crippen LogP contribution in [-0.2, 0) is 6.54 Å². The van der Waals surface area contributed by atoms with E-state index in [1.807, 2.05) is 4.68 Å². The van der Waals surface area contributed by atoms with E-state index in [0.29, 0.717) is 12.0 Å². The highest BCUT2D eigenvalue weighted by atomic mass is 35.5. The molecule has 0 fully saturated rings. The number of hydrogen-bond donors (Lipinski definition) is 1. The Bertz CT molecular complexity index is 322. The van der Waals surface area contributed by atoms with Gasteiger partial charge >= 0.3 is 0 Å². The van der Waals surface area contributed by atoms with E-state index < -0.39 is 0 Å². The largest absolute Gasteiger partial charge is 0.315 e. The molecule has 1 heterocycles. The monoisotopic (exact) mass is 243 g/mol. The maximum Gasteiger partial charge on any atom is 0.0820 e. The van der Waals surface area contributed by atoms with E-state index in [9.17, 15) is 0 Å². The highest BCUT2D eigenvalue weighted by molar-refractivity contribution is 6.31. The maximum absolute atomic E-state index is 6.18. The first-order valence-electron chi connectivity index (χ1n) is 6.04. The smallest absolute Gasteiger partial charge is 0.0820 e. The first-order chi connectivity index (χ1) is 7.60. The van der Waals surface area contributed by atoms with E-state index in [4.69, 9.17) is 11.6 Å². The van der Waals surface area contributed by atoms with Crippen LogP contribution in [0.5, 0.6) is 0 Å². The number of nitrogens with zero attached hydrogens (tertiary/aromatic N) is 2. The second kappa shape index (κ2) is 6.26. The van der Waals surface area contributed by atoms with Crippen molar-refractivity contribution < 1.29 is 0 Å². The summed E-state index contributed by atoms with van der Waals surface area (Å²) in [4.78, 5) is 0. The van der Waals surface area contributed by atoms with Gasteiger partial charge in [0, 0.05) is 18.5 Å². The Hall–Kier alpha value is -0.540. The van der Waals surface area contributed by atoms with Crippen LogP contribution in [0.25, 0.3) is 0 Å². The first-order valence-corrected chi connectivity index (χ1v) is 6.42. The molecule has 2 atom stereocenters. The second-order valence-corrected chi connectivity index (χ2v) is 4.70. The van der Waals surface area contributed by atoms with Gasteiger partial charge in [-0.05, 0) is 26.8 Å². The Morgan fingerprint density at radius 1 is 1.44 bits per heavy atom. The summed E-state index contributed by atoms with van der Waals surface area (Å²) in [6, 6.07) is 0.510. The highest BCUT2D eigenvalue weighted by Gasteiger charge is 2.17. The summed E-state index contributed by atoms with van der Waals surface area (Å²) in [7, 11) is 0. The van der Waals surface area contributed by atoms with Crippen LogP contribution in [0.15, 0.2) is 6.20 Å². The van der Waals surface area contributed by atoms with Crippen molar-refractivity contribution in [3.63, 3.8) is 0 Å². The average molecular weight is 244 g/mol. The summed E-state index contributed by atoms with van der Waals surface area (Å²) in [5.74, 6) is 0.434. The van der Waals surface area contributed by atoms with Crippen molar-refractivity contribution in [1.29, 1.82) is 0 Å². The topological polar surface area (TPSA) is 29.9 Å². The van der Waals surface area contributed by atoms with Gasteiger partial charge in [-0.15, -0.1) is 0 Å². The second-order valence-electron chi connectivity index (χ2n) is 4.29. The van der Waals surface area contributed by atoms with E-state index >= 15 is 0 Å². The predicted molar refractivity (Wildman–Crippen MR) is 69.1 cm³/mol. The Morgan fingerprint density at radius 2 is 2.12 bits per heavy atom. The molecule has 0 amide bonds. The molecule has 0 spiro atoms. The van der Waals surface area contributed by atoms with Crippen molar-refractivity contribution in [3.8, 4) is 0 Å². The first kappa shape index (κ1) is 13.5. The lowest BCUT2D eigenvalue weighted by atomic mass is 9.99. The number of nitrogens with one attached hydrogen (secondary N) is 1. The Balaban J connectivity index is 2.71. The Morgan fingerprint density at radius 3 is 2.69 bits per heavy atom. The number of aromatic nitrogens is 2. The lowest BCUT2D eigenvalue weighted by molar-refractivity contribution is 0.468. The Labute approximate surface area is 103 Å². The zero-order valence-corrected chi connectivity index (χ0v) is 11.4. The average Bonchev–Trinajstić information content (AvgIpc) is 2.59. The van der Waals surface area contributed by atoms with E-state index in [1.165, 1.54) is 0 Å². The minimum absolute atomic E-state index is 0.434. The molecular formula is C12H22ClN3. The minimum atomic E-state index is 0.434. The molecule has 0 aliphatic carbocycles. The van der Waals surface area contributed by atoms with E-state index in [1.54, 1.807) is 6.20 Å². The molecule has 92 valence electrons. The van der Waals surface area contributed by atoms with Crippen molar-refractivity contribution in [2.24, 2.45) is 0 Å². The van der Waals surface area contributed by atoms with Crippen LogP contribution >= 0.6 is 11.6 Å². The normalized spacial score (nSPS) is 15.1. The quantitative estimate of drug-likeness (QED) is 0.832. The van der Waals surface area contributed by atoms with Crippen LogP contribution in [-0.4, -0.2) is 22.4 Å². The van der Waals surface area contributed by atoms with Crippen LogP contribution in [0.2, 0.25) is 5.02 Å². The number of hydrogen-bond acceptors (Lipinski definition) is 2. The molecule has 16 heavy (non-hydrogen) atoms. The summed E-state index contributed by atoms with van der Waals surface area (Å²) in [6.45, 7) is 10.5. The van der Waals surface area contributed by atoms with Crippen molar-refractivity contribution in [2.75, 3.05) is 6.54 Å². The van der Waals surface area contributed by atoms with Gasteiger partial charge in [-0.3, -0.25) is 4.68 Å². The van der Waals surface area contributed by atoms with Crippen LogP contribution in [0.1, 0.15) is 45.7 Å². The molecule has 2 unspecified atom stereocenters. The minimum Gasteiger partial charge on any atom is -0.315 e. The van der Waals surface area contributed by atoms with Gasteiger partial charge in [0.1, 0.15) is 0 Å². The summed E-state index contributed by atoms with van der Waals surface area (Å²) in [5, 5.41) is 8.49. The summed E-state index contributed by atoms with van der Waals surface area (Å²) in [6.07, 6.45) is 2.83. The fourth-order valence-electron chi connectivity index (χ4n) is 2.19. The van der Waals surface area contributed by atoms with Gasteiger partial charge in [-0.2, -0.15) is 5.10 Å². The molecule has 1 N–H and O–H groups in total. The summed E-state index contributed by atoms with van der Waals surface area (Å²) in [5.41, 5.74) is 1.16. The number of halogens is 1. The third kappa shape index (κ3) is 3.22. The molecule has 0 aliphatic heterocycles. The van der Waals surface area contributed by atoms with Crippen molar-refractivity contribution in [3.05, 3.63) is 16.9 Å². The van der Waals surface area contributed by atoms with Crippen LogP contribution in [0.3, 0.4) is 0 Å². The van der Waals surface area contributed by atoms with Crippen LogP contribution in [0, 0.1) is 0 Å². The summed E-state index contributed by atoms with van der Waals surface area (Å²) < 4.78 is 1.99. The van der Waals surface area contributed by atoms with E-state index in [-0.39, 0.29) is 0 Å². The van der Waals surface area contributed by atoms with Gasteiger partial charge in [-0.1, -0.05) is 25.4 Å². The van der Waals surface area contributed by atoms with Crippen molar-refractivity contribution in [1.82, 2.24) is 15.1 Å². The molecule has 1 rings (SSSR count). The van der Waals surface area contributed by atoms with E-state index in [2.05, 4.69) is 38.1 Å². The molecule has 0 aliphatic rings. The molecule has 4 heteroatoms. The van der Waals surface area contributed by atoms with Gasteiger partial charge in [-0.25, -0.2) is 0 Å². The fraction of sp³-hybridized carbons (Fsp3) is 0.750. The molecular weight excluding hydrogens is 222 g/mol. The summed E-state index contributed by atoms with van der Waals surface area (Å²) >= 11 is 6.18. The number of aryl methyl sites for hydroxylation is 1. The zero-order chi connectivity index (χ0) is 12.1. The SMILES string of the molecule is CCNC(C)CC(C)c1c(Cl)cnn1CC. The van der Waals surface area contributed by atoms with Crippen molar-refractivity contribution >= 4 is 11.6 Å². The third-order valence-corrected chi connectivity index (χ3v) is 3.15. The van der Waals surface area contributed by atoms with Gasteiger partial charge in [0.05, 0.1) is 16.9 Å². The van der Waals surface area contributed by atoms with Gasteiger partial charge in [0.25, 0.3) is 0 Å². The van der Waals surface area contributed by atoms with Crippen LogP contribution < -0.4 is 5.32 Å². The third-order valence-electron chi connectivity index (χ3n) is 2.86. The van der Waals surface area contributed by atoms with Crippen LogP contribution in [0.4, 0.5) is 0 Å². The molecule has 0 saturated carbocycles. The van der Waals surface area contributed by atoms with E-state index in [0.717, 1.165) is 30.2 Å². The van der Waals surface area contributed by atoms with Crippen molar-refractivity contribution in [2.45, 2.75) is 52.6 Å². The molecule has 0 aromatic carbocycles. The molecule has 0 saturated heterocycles. The van der Waals surface area contributed by atoms with Gasteiger partial charge in [0.2, 0.25) is 0 Å². The molecule has 0 bridgehead atoms. The highest BCUT2D eigenvalue weighted by Crippen LogP contribution is 2.27. The fourth-order valence-corrected chi connectivity index (χ4v) is 2.52. The molecule has 1 aromatic rings. The molecule has 1 aromatic heterocycles. The van der Waals surface area contributed by atoms with Gasteiger partial charge < -0.3 is 5.32 Å². The lowest BCUT2D eigenvalue weighted by Gasteiger charge is -2.19. The molecule has 3 nitrogen and oxygen atoms in total. The standard InChI is InChI=1S/C12H22ClN3/c1-5-14-10(4)7-9(3)12-11(13)8-15-16(12)6-2/h8-10,14H,5-7H2,1-4H3. The molecule has 0 radical (unpaired) electrons. The maximum atomic E-state index is 6.18. The lowest BCUT2D eigenvalue weighted by Crippen LogP contribution is -2.27.